The average molecular weight is 293 g/mol. The Morgan fingerprint density at radius 2 is 2.19 bits per heavy atom. The minimum Gasteiger partial charge on any atom is -0.348 e. The van der Waals surface area contributed by atoms with E-state index in [0.29, 0.717) is 24.9 Å². The lowest BCUT2D eigenvalue weighted by Crippen LogP contribution is -2.45. The van der Waals surface area contributed by atoms with Crippen LogP contribution >= 0.6 is 0 Å². The maximum absolute atomic E-state index is 14.1. The van der Waals surface area contributed by atoms with E-state index in [1.807, 2.05) is 6.08 Å². The lowest BCUT2D eigenvalue weighted by atomic mass is 9.91. The van der Waals surface area contributed by atoms with Crippen LogP contribution < -0.4 is 10.6 Å². The number of aromatic nitrogens is 1. The van der Waals surface area contributed by atoms with Crippen LogP contribution in [0.5, 0.6) is 0 Å². The molecule has 0 atom stereocenters. The van der Waals surface area contributed by atoms with Gasteiger partial charge in [-0.3, -0.25) is 4.79 Å². The molecular formula is C15H17F2N3O. The fraction of sp³-hybridized carbons (Fsp3) is 0.467. The second-order valence-electron chi connectivity index (χ2n) is 5.46. The van der Waals surface area contributed by atoms with Gasteiger partial charge in [-0.1, -0.05) is 6.08 Å². The number of nitrogens with one attached hydrogen (secondary N) is 2. The minimum absolute atomic E-state index is 0.0353. The molecule has 1 amide bonds. The fourth-order valence-corrected chi connectivity index (χ4v) is 2.59. The number of amides is 1. The van der Waals surface area contributed by atoms with Crippen molar-refractivity contribution in [2.45, 2.75) is 31.5 Å². The van der Waals surface area contributed by atoms with Crippen molar-refractivity contribution in [1.82, 2.24) is 15.6 Å². The molecule has 1 aliphatic heterocycles. The Morgan fingerprint density at radius 1 is 1.38 bits per heavy atom. The zero-order chi connectivity index (χ0) is 14.8. The molecule has 0 radical (unpaired) electrons. The molecule has 4 nitrogen and oxygen atoms in total. The highest BCUT2D eigenvalue weighted by atomic mass is 19.1. The molecule has 0 saturated heterocycles. The lowest BCUT2D eigenvalue weighted by Gasteiger charge is -2.30. The Hall–Kier alpha value is -1.82. The van der Waals surface area contributed by atoms with Gasteiger partial charge < -0.3 is 10.6 Å². The van der Waals surface area contributed by atoms with Crippen LogP contribution in [0, 0.1) is 5.95 Å². The summed E-state index contributed by atoms with van der Waals surface area (Å²) in [7, 11) is 0. The second-order valence-corrected chi connectivity index (χ2v) is 5.46. The molecule has 3 rings (SSSR count). The van der Waals surface area contributed by atoms with E-state index in [0.717, 1.165) is 18.5 Å². The number of alkyl halides is 1. The molecule has 21 heavy (non-hydrogen) atoms. The van der Waals surface area contributed by atoms with Crippen molar-refractivity contribution in [1.29, 1.82) is 0 Å². The van der Waals surface area contributed by atoms with Gasteiger partial charge in [-0.2, -0.15) is 4.39 Å². The average Bonchev–Trinajstić information content (AvgIpc) is 2.46. The van der Waals surface area contributed by atoms with Crippen molar-refractivity contribution in [2.75, 3.05) is 13.1 Å². The van der Waals surface area contributed by atoms with Gasteiger partial charge in [0, 0.05) is 18.2 Å². The summed E-state index contributed by atoms with van der Waals surface area (Å²) in [5.41, 5.74) is 1.39. The lowest BCUT2D eigenvalue weighted by molar-refractivity contribution is 0.0854. The first-order chi connectivity index (χ1) is 10.1. The summed E-state index contributed by atoms with van der Waals surface area (Å²) in [4.78, 5) is 15.7. The smallest absolute Gasteiger partial charge is 0.270 e. The van der Waals surface area contributed by atoms with Gasteiger partial charge in [0.05, 0.1) is 0 Å². The Balaban J connectivity index is 1.71. The van der Waals surface area contributed by atoms with E-state index < -0.39 is 18.0 Å². The van der Waals surface area contributed by atoms with E-state index in [1.165, 1.54) is 6.07 Å². The topological polar surface area (TPSA) is 54.0 Å². The zero-order valence-electron chi connectivity index (χ0n) is 11.5. The summed E-state index contributed by atoms with van der Waals surface area (Å²) in [6.07, 6.45) is 2.48. The van der Waals surface area contributed by atoms with Crippen LogP contribution in [0.2, 0.25) is 0 Å². The predicted octanol–water partition coefficient (Wildman–Crippen LogP) is 1.83. The van der Waals surface area contributed by atoms with Gasteiger partial charge in [0.15, 0.2) is 0 Å². The second kappa shape index (κ2) is 5.89. The Morgan fingerprint density at radius 3 is 2.81 bits per heavy atom. The van der Waals surface area contributed by atoms with Crippen molar-refractivity contribution in [2.24, 2.45) is 0 Å². The number of halogens is 2. The summed E-state index contributed by atoms with van der Waals surface area (Å²) >= 11 is 0. The Kier molecular flexibility index (Phi) is 3.96. The number of carbonyl (C=O) groups excluding carboxylic acids is 1. The van der Waals surface area contributed by atoms with Crippen LogP contribution in [-0.2, 0) is 0 Å². The molecule has 1 fully saturated rings. The van der Waals surface area contributed by atoms with Crippen LogP contribution in [0.3, 0.4) is 0 Å². The quantitative estimate of drug-likeness (QED) is 0.836. The molecule has 0 bridgehead atoms. The van der Waals surface area contributed by atoms with Crippen molar-refractivity contribution >= 4 is 11.5 Å². The summed E-state index contributed by atoms with van der Waals surface area (Å²) < 4.78 is 26.8. The van der Waals surface area contributed by atoms with Crippen LogP contribution in [0.25, 0.3) is 5.57 Å². The molecule has 1 aromatic heterocycles. The summed E-state index contributed by atoms with van der Waals surface area (Å²) in [6, 6.07) is 2.94. The highest BCUT2D eigenvalue weighted by Gasteiger charge is 2.30. The van der Waals surface area contributed by atoms with E-state index in [1.54, 1.807) is 6.07 Å². The summed E-state index contributed by atoms with van der Waals surface area (Å²) in [6.45, 7) is 1.52. The van der Waals surface area contributed by atoms with Gasteiger partial charge in [0.25, 0.3) is 5.91 Å². The summed E-state index contributed by atoms with van der Waals surface area (Å²) in [5, 5.41) is 5.81. The van der Waals surface area contributed by atoms with E-state index >= 15 is 0 Å². The molecule has 2 aliphatic rings. The predicted molar refractivity (Wildman–Crippen MR) is 75.0 cm³/mol. The molecule has 1 aromatic rings. The first kappa shape index (κ1) is 14.1. The van der Waals surface area contributed by atoms with Gasteiger partial charge >= 0.3 is 0 Å². The molecule has 0 unspecified atom stereocenters. The minimum atomic E-state index is -0.839. The molecular weight excluding hydrogens is 276 g/mol. The van der Waals surface area contributed by atoms with Gasteiger partial charge in [-0.25, -0.2) is 9.37 Å². The fourth-order valence-electron chi connectivity index (χ4n) is 2.59. The molecule has 0 spiro atoms. The highest BCUT2D eigenvalue weighted by Crippen LogP contribution is 2.24. The van der Waals surface area contributed by atoms with E-state index in [2.05, 4.69) is 15.6 Å². The third-order valence-electron chi connectivity index (χ3n) is 3.91. The Labute approximate surface area is 121 Å². The number of nitrogens with zero attached hydrogens (tertiary/aromatic N) is 1. The van der Waals surface area contributed by atoms with E-state index in [9.17, 15) is 13.6 Å². The van der Waals surface area contributed by atoms with Gasteiger partial charge in [0.2, 0.25) is 5.95 Å². The van der Waals surface area contributed by atoms with E-state index in [4.69, 9.17) is 0 Å². The van der Waals surface area contributed by atoms with Crippen LogP contribution in [-0.4, -0.2) is 36.2 Å². The van der Waals surface area contributed by atoms with Crippen molar-refractivity contribution in [3.05, 3.63) is 35.4 Å². The van der Waals surface area contributed by atoms with Crippen LogP contribution in [0.4, 0.5) is 8.78 Å². The first-order valence-electron chi connectivity index (χ1n) is 7.15. The van der Waals surface area contributed by atoms with Crippen LogP contribution in [0.15, 0.2) is 18.2 Å². The van der Waals surface area contributed by atoms with Crippen molar-refractivity contribution in [3.63, 3.8) is 0 Å². The molecule has 1 saturated carbocycles. The maximum atomic E-state index is 14.1. The molecule has 6 heteroatoms. The normalized spacial score (nSPS) is 25.0. The van der Waals surface area contributed by atoms with E-state index in [-0.39, 0.29) is 11.7 Å². The molecule has 0 aromatic carbocycles. The number of hydrogen-bond acceptors (Lipinski definition) is 3. The standard InChI is InChI=1S/C15H17F2N3O/c16-10-7-11(8-10)19-15(21)13-2-1-12(14(17)20-13)9-3-5-18-6-4-9/h1-3,10-11,18H,4-8H2,(H,19,21). The molecule has 2 N–H and O–H groups in total. The molecule has 1 aliphatic carbocycles. The summed E-state index contributed by atoms with van der Waals surface area (Å²) in [5.74, 6) is -1.08. The highest BCUT2D eigenvalue weighted by molar-refractivity contribution is 5.92. The maximum Gasteiger partial charge on any atom is 0.270 e. The van der Waals surface area contributed by atoms with Crippen molar-refractivity contribution < 1.29 is 13.6 Å². The first-order valence-corrected chi connectivity index (χ1v) is 7.15. The molecule has 112 valence electrons. The number of hydrogen-bond donors (Lipinski definition) is 2. The molecule has 2 heterocycles. The third kappa shape index (κ3) is 3.10. The monoisotopic (exact) mass is 293 g/mol. The van der Waals surface area contributed by atoms with Gasteiger partial charge in [-0.05, 0) is 43.5 Å². The SMILES string of the molecule is O=C(NC1CC(F)C1)c1ccc(C2=CCNCC2)c(F)n1. The number of rotatable bonds is 3. The largest absolute Gasteiger partial charge is 0.348 e. The zero-order valence-corrected chi connectivity index (χ0v) is 11.5. The van der Waals surface area contributed by atoms with Crippen LogP contribution in [0.1, 0.15) is 35.3 Å². The third-order valence-corrected chi connectivity index (χ3v) is 3.91. The van der Waals surface area contributed by atoms with Crippen molar-refractivity contribution in [3.8, 4) is 0 Å². The van der Waals surface area contributed by atoms with Gasteiger partial charge in [-0.15, -0.1) is 0 Å². The number of carbonyl (C=O) groups is 1. The number of pyridine rings is 1. The van der Waals surface area contributed by atoms with Gasteiger partial charge in [0.1, 0.15) is 11.9 Å². The Bertz CT molecular complexity index is 582.